The molecule has 0 saturated carbocycles. The van der Waals surface area contributed by atoms with Gasteiger partial charge in [-0.15, -0.1) is 0 Å². The molecule has 4 nitrogen and oxygen atoms in total. The molecule has 0 bridgehead atoms. The van der Waals surface area contributed by atoms with E-state index in [1.807, 2.05) is 0 Å². The topological polar surface area (TPSA) is 54.5 Å². The van der Waals surface area contributed by atoms with Gasteiger partial charge in [0.25, 0.3) is 5.91 Å². The minimum absolute atomic E-state index is 0.0182. The van der Waals surface area contributed by atoms with Crippen molar-refractivity contribution in [2.24, 2.45) is 0 Å². The zero-order valence-electron chi connectivity index (χ0n) is 12.6. The van der Waals surface area contributed by atoms with E-state index < -0.39 is 27.4 Å². The highest BCUT2D eigenvalue weighted by Crippen LogP contribution is 2.21. The van der Waals surface area contributed by atoms with Crippen molar-refractivity contribution in [2.75, 3.05) is 17.7 Å². The van der Waals surface area contributed by atoms with Gasteiger partial charge in [0.05, 0.1) is 4.90 Å². The number of carbonyl (C=O) groups is 1. The Hall–Kier alpha value is -2.28. The Labute approximate surface area is 133 Å². The fourth-order valence-corrected chi connectivity index (χ4v) is 2.78. The molecule has 2 rings (SSSR count). The van der Waals surface area contributed by atoms with Crippen LogP contribution < -0.4 is 4.90 Å². The van der Waals surface area contributed by atoms with Gasteiger partial charge in [-0.05, 0) is 37.3 Å². The summed E-state index contributed by atoms with van der Waals surface area (Å²) in [6.45, 7) is 1.90. The normalized spacial score (nSPS) is 11.3. The van der Waals surface area contributed by atoms with Gasteiger partial charge in [0.15, 0.2) is 21.5 Å². The Balaban J connectivity index is 2.42. The fourth-order valence-electron chi connectivity index (χ4n) is 2.11. The second kappa shape index (κ2) is 6.45. The van der Waals surface area contributed by atoms with E-state index in [-0.39, 0.29) is 22.7 Å². The number of hydrogen-bond donors (Lipinski definition) is 0. The van der Waals surface area contributed by atoms with Crippen LogP contribution >= 0.6 is 0 Å². The van der Waals surface area contributed by atoms with E-state index in [2.05, 4.69) is 0 Å². The molecule has 2 aromatic carbocycles. The maximum absolute atomic E-state index is 13.4. The summed E-state index contributed by atoms with van der Waals surface area (Å²) >= 11 is 0. The third-order valence-corrected chi connectivity index (χ3v) is 4.40. The molecule has 2 aromatic rings. The highest BCUT2D eigenvalue weighted by atomic mass is 32.2. The number of benzene rings is 2. The Morgan fingerprint density at radius 1 is 1.09 bits per heavy atom. The zero-order valence-corrected chi connectivity index (χ0v) is 13.4. The van der Waals surface area contributed by atoms with Crippen LogP contribution in [-0.2, 0) is 9.84 Å². The van der Waals surface area contributed by atoms with Crippen LogP contribution in [-0.4, -0.2) is 27.1 Å². The molecule has 0 heterocycles. The van der Waals surface area contributed by atoms with Crippen LogP contribution in [0.2, 0.25) is 0 Å². The lowest BCUT2D eigenvalue weighted by atomic mass is 10.1. The van der Waals surface area contributed by atoms with Gasteiger partial charge in [-0.25, -0.2) is 17.2 Å². The monoisotopic (exact) mass is 339 g/mol. The van der Waals surface area contributed by atoms with Crippen molar-refractivity contribution in [3.05, 3.63) is 59.7 Å². The van der Waals surface area contributed by atoms with Crippen LogP contribution in [0.3, 0.4) is 0 Å². The van der Waals surface area contributed by atoms with Crippen molar-refractivity contribution in [3.63, 3.8) is 0 Å². The SMILES string of the molecule is CCN(C(=O)c1cccc(S(C)(=O)=O)c1)c1ccc(F)c(F)c1. The molecule has 0 atom stereocenters. The molecule has 0 radical (unpaired) electrons. The van der Waals surface area contributed by atoms with Crippen molar-refractivity contribution >= 4 is 21.4 Å². The van der Waals surface area contributed by atoms with Gasteiger partial charge in [0.2, 0.25) is 0 Å². The Morgan fingerprint density at radius 2 is 1.78 bits per heavy atom. The van der Waals surface area contributed by atoms with Gasteiger partial charge in [0.1, 0.15) is 0 Å². The number of nitrogens with zero attached hydrogens (tertiary/aromatic N) is 1. The maximum atomic E-state index is 13.4. The number of sulfone groups is 1. The average Bonchev–Trinajstić information content (AvgIpc) is 2.50. The molecule has 7 heteroatoms. The van der Waals surface area contributed by atoms with E-state index in [1.165, 1.54) is 35.2 Å². The first-order valence-electron chi connectivity index (χ1n) is 6.81. The summed E-state index contributed by atoms with van der Waals surface area (Å²) in [4.78, 5) is 13.8. The lowest BCUT2D eigenvalue weighted by Crippen LogP contribution is -2.30. The van der Waals surface area contributed by atoms with E-state index in [9.17, 15) is 22.0 Å². The highest BCUT2D eigenvalue weighted by molar-refractivity contribution is 7.90. The first-order valence-corrected chi connectivity index (χ1v) is 8.70. The van der Waals surface area contributed by atoms with E-state index in [0.29, 0.717) is 0 Å². The highest BCUT2D eigenvalue weighted by Gasteiger charge is 2.19. The Kier molecular flexibility index (Phi) is 4.79. The molecular formula is C16H15F2NO3S. The molecule has 0 N–H and O–H groups in total. The Bertz CT molecular complexity index is 850. The van der Waals surface area contributed by atoms with Gasteiger partial charge >= 0.3 is 0 Å². The minimum Gasteiger partial charge on any atom is -0.309 e. The predicted molar refractivity (Wildman–Crippen MR) is 83.3 cm³/mol. The molecular weight excluding hydrogens is 324 g/mol. The van der Waals surface area contributed by atoms with Crippen LogP contribution in [0.5, 0.6) is 0 Å². The number of rotatable bonds is 4. The van der Waals surface area contributed by atoms with E-state index in [1.54, 1.807) is 6.92 Å². The van der Waals surface area contributed by atoms with Crippen LogP contribution in [0.1, 0.15) is 17.3 Å². The van der Waals surface area contributed by atoms with Crippen LogP contribution in [0.25, 0.3) is 0 Å². The number of anilines is 1. The average molecular weight is 339 g/mol. The smallest absolute Gasteiger partial charge is 0.258 e. The molecule has 0 aliphatic rings. The molecule has 1 amide bonds. The van der Waals surface area contributed by atoms with Gasteiger partial charge in [-0.2, -0.15) is 0 Å². The molecule has 0 aliphatic heterocycles. The number of hydrogen-bond acceptors (Lipinski definition) is 3. The number of carbonyl (C=O) groups excluding carboxylic acids is 1. The van der Waals surface area contributed by atoms with Gasteiger partial charge in [-0.1, -0.05) is 6.07 Å². The van der Waals surface area contributed by atoms with Crippen molar-refractivity contribution in [1.29, 1.82) is 0 Å². The van der Waals surface area contributed by atoms with E-state index >= 15 is 0 Å². The predicted octanol–water partition coefficient (Wildman–Crippen LogP) is 3.04. The lowest BCUT2D eigenvalue weighted by Gasteiger charge is -2.21. The Morgan fingerprint density at radius 3 is 2.35 bits per heavy atom. The molecule has 0 fully saturated rings. The second-order valence-corrected chi connectivity index (χ2v) is 6.96. The summed E-state index contributed by atoms with van der Waals surface area (Å²) in [6, 6.07) is 8.74. The summed E-state index contributed by atoms with van der Waals surface area (Å²) in [5, 5.41) is 0. The minimum atomic E-state index is -3.45. The second-order valence-electron chi connectivity index (χ2n) is 4.95. The van der Waals surface area contributed by atoms with Gasteiger partial charge in [0, 0.05) is 30.1 Å². The third-order valence-electron chi connectivity index (χ3n) is 3.29. The molecule has 0 aliphatic carbocycles. The summed E-state index contributed by atoms with van der Waals surface area (Å²) in [6.07, 6.45) is 1.05. The molecule has 0 unspecified atom stereocenters. The van der Waals surface area contributed by atoms with Crippen LogP contribution in [0.4, 0.5) is 14.5 Å². The quantitative estimate of drug-likeness (QED) is 0.860. The molecule has 23 heavy (non-hydrogen) atoms. The van der Waals surface area contributed by atoms with E-state index in [4.69, 9.17) is 0 Å². The van der Waals surface area contributed by atoms with Crippen LogP contribution in [0, 0.1) is 11.6 Å². The maximum Gasteiger partial charge on any atom is 0.258 e. The van der Waals surface area contributed by atoms with E-state index in [0.717, 1.165) is 18.4 Å². The zero-order chi connectivity index (χ0) is 17.2. The lowest BCUT2D eigenvalue weighted by molar-refractivity contribution is 0.0988. The van der Waals surface area contributed by atoms with Crippen molar-refractivity contribution in [1.82, 2.24) is 0 Å². The first-order chi connectivity index (χ1) is 10.7. The molecule has 0 spiro atoms. The van der Waals surface area contributed by atoms with Crippen molar-refractivity contribution in [3.8, 4) is 0 Å². The fraction of sp³-hybridized carbons (Fsp3) is 0.188. The van der Waals surface area contributed by atoms with Crippen molar-refractivity contribution in [2.45, 2.75) is 11.8 Å². The summed E-state index contributed by atoms with van der Waals surface area (Å²) in [5.41, 5.74) is 0.348. The van der Waals surface area contributed by atoms with Gasteiger partial charge < -0.3 is 4.90 Å². The number of amides is 1. The summed E-state index contributed by atoms with van der Waals surface area (Å²) in [5.74, 6) is -2.56. The standard InChI is InChI=1S/C16H15F2NO3S/c1-3-19(12-7-8-14(17)15(18)10-12)16(20)11-5-4-6-13(9-11)23(2,21)22/h4-10H,3H2,1-2H3. The largest absolute Gasteiger partial charge is 0.309 e. The number of halogens is 2. The summed E-state index contributed by atoms with van der Waals surface area (Å²) < 4.78 is 49.6. The summed E-state index contributed by atoms with van der Waals surface area (Å²) in [7, 11) is -3.45. The first kappa shape index (κ1) is 17.1. The molecule has 122 valence electrons. The molecule has 0 saturated heterocycles. The molecule has 0 aromatic heterocycles. The van der Waals surface area contributed by atoms with Crippen LogP contribution in [0.15, 0.2) is 47.4 Å². The van der Waals surface area contributed by atoms with Crippen molar-refractivity contribution < 1.29 is 22.0 Å². The van der Waals surface area contributed by atoms with Gasteiger partial charge in [-0.3, -0.25) is 4.79 Å². The third kappa shape index (κ3) is 3.73.